The average Bonchev–Trinajstić information content (AvgIpc) is 2.39. The molecule has 0 atom stereocenters. The second-order valence-corrected chi connectivity index (χ2v) is 5.20. The first-order valence-corrected chi connectivity index (χ1v) is 6.51. The van der Waals surface area contributed by atoms with Crippen molar-refractivity contribution in [1.29, 1.82) is 0 Å². The largest absolute Gasteiger partial charge is 0.411 e. The summed E-state index contributed by atoms with van der Waals surface area (Å²) in [6, 6.07) is 8.15. The van der Waals surface area contributed by atoms with Gasteiger partial charge in [0.2, 0.25) is 0 Å². The third-order valence-electron chi connectivity index (χ3n) is 3.53. The van der Waals surface area contributed by atoms with E-state index in [0.717, 1.165) is 35.9 Å². The molecule has 1 aliphatic carbocycles. The van der Waals surface area contributed by atoms with Crippen LogP contribution in [0.2, 0.25) is 0 Å². The zero-order valence-electron chi connectivity index (χ0n) is 9.82. The number of ether oxygens (including phenoxy) is 1. The van der Waals surface area contributed by atoms with E-state index in [9.17, 15) is 0 Å². The van der Waals surface area contributed by atoms with Crippen molar-refractivity contribution < 1.29 is 9.94 Å². The van der Waals surface area contributed by atoms with Crippen molar-refractivity contribution in [3.05, 3.63) is 34.3 Å². The van der Waals surface area contributed by atoms with E-state index in [1.165, 1.54) is 5.56 Å². The molecule has 2 rings (SSSR count). The Balaban J connectivity index is 2.31. The van der Waals surface area contributed by atoms with Gasteiger partial charge in [-0.15, -0.1) is 0 Å². The summed E-state index contributed by atoms with van der Waals surface area (Å²) < 4.78 is 6.85. The zero-order chi connectivity index (χ0) is 12.3. The molecule has 0 saturated heterocycles. The Labute approximate surface area is 110 Å². The molecule has 1 aliphatic rings. The third-order valence-corrected chi connectivity index (χ3v) is 4.22. The number of oxime groups is 1. The fourth-order valence-corrected chi connectivity index (χ4v) is 3.10. The predicted molar refractivity (Wildman–Crippen MR) is 70.5 cm³/mol. The maximum Gasteiger partial charge on any atom is 0.0945 e. The van der Waals surface area contributed by atoms with Crippen LogP contribution < -0.4 is 0 Å². The van der Waals surface area contributed by atoms with E-state index < -0.39 is 0 Å². The van der Waals surface area contributed by atoms with Crippen LogP contribution in [0.4, 0.5) is 0 Å². The number of benzene rings is 1. The highest BCUT2D eigenvalue weighted by Gasteiger charge is 2.37. The SMILES string of the molecule is COC1(c2ccccc2Br)CCC(=NO)CC1. The van der Waals surface area contributed by atoms with Gasteiger partial charge in [-0.3, -0.25) is 0 Å². The van der Waals surface area contributed by atoms with Gasteiger partial charge in [0.25, 0.3) is 0 Å². The lowest BCUT2D eigenvalue weighted by Gasteiger charge is -2.37. The summed E-state index contributed by atoms with van der Waals surface area (Å²) >= 11 is 3.58. The standard InChI is InChI=1S/C13H16BrNO2/c1-17-13(8-6-10(15-16)7-9-13)11-4-2-3-5-12(11)14/h2-5,16H,6-9H2,1H3. The molecule has 1 N–H and O–H groups in total. The Morgan fingerprint density at radius 1 is 1.29 bits per heavy atom. The van der Waals surface area contributed by atoms with E-state index in [1.54, 1.807) is 7.11 Å². The Morgan fingerprint density at radius 2 is 1.94 bits per heavy atom. The molecule has 0 heterocycles. The van der Waals surface area contributed by atoms with Crippen molar-refractivity contribution in [2.24, 2.45) is 5.16 Å². The van der Waals surface area contributed by atoms with Crippen LogP contribution in [-0.4, -0.2) is 18.0 Å². The number of halogens is 1. The first-order chi connectivity index (χ1) is 8.22. The summed E-state index contributed by atoms with van der Waals surface area (Å²) in [6.07, 6.45) is 3.27. The van der Waals surface area contributed by atoms with E-state index in [1.807, 2.05) is 18.2 Å². The van der Waals surface area contributed by atoms with E-state index in [4.69, 9.17) is 9.94 Å². The lowest BCUT2D eigenvalue weighted by Crippen LogP contribution is -2.34. The van der Waals surface area contributed by atoms with Crippen LogP contribution in [0.1, 0.15) is 31.2 Å². The fraction of sp³-hybridized carbons (Fsp3) is 0.462. The molecule has 0 spiro atoms. The molecule has 92 valence electrons. The van der Waals surface area contributed by atoms with Gasteiger partial charge in [0.15, 0.2) is 0 Å². The lowest BCUT2D eigenvalue weighted by atomic mass is 9.78. The van der Waals surface area contributed by atoms with Gasteiger partial charge in [-0.2, -0.15) is 0 Å². The van der Waals surface area contributed by atoms with Crippen LogP contribution in [0, 0.1) is 0 Å². The Kier molecular flexibility index (Phi) is 3.84. The Hall–Kier alpha value is -0.870. The molecule has 17 heavy (non-hydrogen) atoms. The maximum absolute atomic E-state index is 8.80. The number of hydrogen-bond donors (Lipinski definition) is 1. The monoisotopic (exact) mass is 297 g/mol. The summed E-state index contributed by atoms with van der Waals surface area (Å²) in [7, 11) is 1.75. The van der Waals surface area contributed by atoms with Crippen molar-refractivity contribution in [2.45, 2.75) is 31.3 Å². The van der Waals surface area contributed by atoms with Crippen molar-refractivity contribution in [2.75, 3.05) is 7.11 Å². The molecule has 1 saturated carbocycles. The van der Waals surface area contributed by atoms with E-state index >= 15 is 0 Å². The summed E-state index contributed by atoms with van der Waals surface area (Å²) in [6.45, 7) is 0. The smallest absolute Gasteiger partial charge is 0.0945 e. The highest BCUT2D eigenvalue weighted by Crippen LogP contribution is 2.42. The number of nitrogens with zero attached hydrogens (tertiary/aromatic N) is 1. The molecule has 1 fully saturated rings. The Bertz CT molecular complexity index is 421. The summed E-state index contributed by atoms with van der Waals surface area (Å²) in [4.78, 5) is 0. The van der Waals surface area contributed by atoms with Gasteiger partial charge >= 0.3 is 0 Å². The van der Waals surface area contributed by atoms with Crippen LogP contribution in [0.3, 0.4) is 0 Å². The highest BCUT2D eigenvalue weighted by molar-refractivity contribution is 9.10. The molecular formula is C13H16BrNO2. The zero-order valence-corrected chi connectivity index (χ0v) is 11.4. The first kappa shape index (κ1) is 12.6. The summed E-state index contributed by atoms with van der Waals surface area (Å²) in [5.41, 5.74) is 1.79. The van der Waals surface area contributed by atoms with Crippen LogP contribution >= 0.6 is 15.9 Å². The predicted octanol–water partition coefficient (Wildman–Crippen LogP) is 3.70. The van der Waals surface area contributed by atoms with E-state index in [2.05, 4.69) is 27.2 Å². The molecule has 0 aliphatic heterocycles. The molecule has 0 bridgehead atoms. The molecule has 0 unspecified atom stereocenters. The van der Waals surface area contributed by atoms with Gasteiger partial charge in [0.1, 0.15) is 0 Å². The summed E-state index contributed by atoms with van der Waals surface area (Å²) in [5, 5.41) is 12.1. The molecule has 0 radical (unpaired) electrons. The van der Waals surface area contributed by atoms with Gasteiger partial charge in [-0.1, -0.05) is 39.3 Å². The van der Waals surface area contributed by atoms with Crippen molar-refractivity contribution in [3.63, 3.8) is 0 Å². The molecule has 1 aromatic rings. The lowest BCUT2D eigenvalue weighted by molar-refractivity contribution is -0.0323. The number of rotatable bonds is 2. The third kappa shape index (κ3) is 2.38. The number of hydrogen-bond acceptors (Lipinski definition) is 3. The second-order valence-electron chi connectivity index (χ2n) is 4.34. The number of methoxy groups -OCH3 is 1. The topological polar surface area (TPSA) is 41.8 Å². The average molecular weight is 298 g/mol. The van der Waals surface area contributed by atoms with Crippen molar-refractivity contribution in [1.82, 2.24) is 0 Å². The Morgan fingerprint density at radius 3 is 2.47 bits per heavy atom. The quantitative estimate of drug-likeness (QED) is 0.668. The van der Waals surface area contributed by atoms with Gasteiger partial charge in [0.05, 0.1) is 11.3 Å². The molecule has 0 amide bonds. The molecule has 3 nitrogen and oxygen atoms in total. The van der Waals surface area contributed by atoms with Crippen molar-refractivity contribution >= 4 is 21.6 Å². The minimum atomic E-state index is -0.256. The normalized spacial score (nSPS) is 24.7. The minimum Gasteiger partial charge on any atom is -0.411 e. The van der Waals surface area contributed by atoms with Crippen LogP contribution in [-0.2, 0) is 10.3 Å². The van der Waals surface area contributed by atoms with Gasteiger partial charge in [0, 0.05) is 11.6 Å². The van der Waals surface area contributed by atoms with Gasteiger partial charge in [-0.25, -0.2) is 0 Å². The molecule has 1 aromatic carbocycles. The molecular weight excluding hydrogens is 282 g/mol. The second kappa shape index (κ2) is 5.19. The molecule has 0 aromatic heterocycles. The van der Waals surface area contributed by atoms with Gasteiger partial charge in [-0.05, 0) is 37.3 Å². The minimum absolute atomic E-state index is 0.256. The van der Waals surface area contributed by atoms with Crippen LogP contribution in [0.25, 0.3) is 0 Å². The maximum atomic E-state index is 8.80. The van der Waals surface area contributed by atoms with Gasteiger partial charge < -0.3 is 9.94 Å². The van der Waals surface area contributed by atoms with E-state index in [-0.39, 0.29) is 5.60 Å². The van der Waals surface area contributed by atoms with Crippen molar-refractivity contribution in [3.8, 4) is 0 Å². The first-order valence-electron chi connectivity index (χ1n) is 5.72. The molecule has 4 heteroatoms. The highest BCUT2D eigenvalue weighted by atomic mass is 79.9. The van der Waals surface area contributed by atoms with Crippen LogP contribution in [0.5, 0.6) is 0 Å². The van der Waals surface area contributed by atoms with E-state index in [0.29, 0.717) is 0 Å². The van der Waals surface area contributed by atoms with Crippen LogP contribution in [0.15, 0.2) is 33.9 Å². The fourth-order valence-electron chi connectivity index (χ4n) is 2.46. The summed E-state index contributed by atoms with van der Waals surface area (Å²) in [5.74, 6) is 0.